The van der Waals surface area contributed by atoms with E-state index in [-0.39, 0.29) is 6.61 Å². The van der Waals surface area contributed by atoms with Gasteiger partial charge >= 0.3 is 0 Å². The lowest BCUT2D eigenvalue weighted by Gasteiger charge is -2.32. The molecule has 0 aliphatic heterocycles. The molecule has 3 aromatic rings. The van der Waals surface area contributed by atoms with E-state index in [4.69, 9.17) is 4.89 Å². The lowest BCUT2D eigenvalue weighted by Crippen LogP contribution is -2.33. The van der Waals surface area contributed by atoms with E-state index in [0.29, 0.717) is 13.0 Å². The molecule has 0 spiro atoms. The molecule has 136 valence electrons. The third kappa shape index (κ3) is 3.29. The maximum Gasteiger partial charge on any atom is 0.157 e. The SMILES string of the molecule is Cc1nn(CCO)c(C)c1CC(OO)(c1ccccc1)c1ccccc1. The molecule has 0 unspecified atom stereocenters. The molecular formula is C21H24N2O3. The highest BCUT2D eigenvalue weighted by Crippen LogP contribution is 2.37. The third-order valence-corrected chi connectivity index (χ3v) is 4.90. The summed E-state index contributed by atoms with van der Waals surface area (Å²) in [5, 5.41) is 23.8. The van der Waals surface area contributed by atoms with Crippen LogP contribution in [0.25, 0.3) is 0 Å². The number of aryl methyl sites for hydroxylation is 1. The highest BCUT2D eigenvalue weighted by Gasteiger charge is 2.38. The minimum absolute atomic E-state index is 0.0282. The summed E-state index contributed by atoms with van der Waals surface area (Å²) in [6, 6.07) is 19.4. The number of aromatic nitrogens is 2. The summed E-state index contributed by atoms with van der Waals surface area (Å²) in [5.41, 5.74) is 3.52. The van der Waals surface area contributed by atoms with Gasteiger partial charge in [-0.05, 0) is 30.5 Å². The minimum atomic E-state index is -1.04. The Morgan fingerprint density at radius 2 is 1.50 bits per heavy atom. The van der Waals surface area contributed by atoms with E-state index in [1.165, 1.54) is 0 Å². The molecule has 26 heavy (non-hydrogen) atoms. The van der Waals surface area contributed by atoms with E-state index < -0.39 is 5.60 Å². The monoisotopic (exact) mass is 352 g/mol. The maximum atomic E-state index is 10.1. The van der Waals surface area contributed by atoms with Crippen molar-refractivity contribution in [3.05, 3.63) is 88.7 Å². The van der Waals surface area contributed by atoms with Gasteiger partial charge in [0, 0.05) is 12.1 Å². The van der Waals surface area contributed by atoms with Crippen molar-refractivity contribution < 1.29 is 15.3 Å². The second-order valence-corrected chi connectivity index (χ2v) is 6.42. The predicted molar refractivity (Wildman–Crippen MR) is 99.9 cm³/mol. The normalized spacial score (nSPS) is 11.7. The van der Waals surface area contributed by atoms with E-state index in [2.05, 4.69) is 5.10 Å². The van der Waals surface area contributed by atoms with Crippen molar-refractivity contribution in [2.45, 2.75) is 32.4 Å². The van der Waals surface area contributed by atoms with Gasteiger partial charge in [-0.3, -0.25) is 9.94 Å². The molecule has 0 radical (unpaired) electrons. The van der Waals surface area contributed by atoms with Crippen molar-refractivity contribution in [2.75, 3.05) is 6.61 Å². The smallest absolute Gasteiger partial charge is 0.157 e. The molecule has 3 rings (SSSR count). The van der Waals surface area contributed by atoms with Gasteiger partial charge in [0.05, 0.1) is 18.8 Å². The van der Waals surface area contributed by atoms with Gasteiger partial charge in [-0.25, -0.2) is 4.89 Å². The molecule has 1 aromatic heterocycles. The first kappa shape index (κ1) is 18.3. The molecule has 0 fully saturated rings. The summed E-state index contributed by atoms with van der Waals surface area (Å²) in [7, 11) is 0. The van der Waals surface area contributed by atoms with E-state index in [1.807, 2.05) is 74.5 Å². The Kier molecular flexibility index (Phi) is 5.52. The molecule has 0 aliphatic rings. The Morgan fingerprint density at radius 3 is 1.96 bits per heavy atom. The standard InChI is InChI=1S/C21H24N2O3/c1-16-20(17(2)23(22-16)13-14-24)15-21(26-25,18-9-5-3-6-10-18)19-11-7-4-8-12-19/h3-12,24-25H,13-15H2,1-2H3. The van der Waals surface area contributed by atoms with Crippen LogP contribution in [0.4, 0.5) is 0 Å². The Hall–Kier alpha value is -2.47. The molecule has 0 bridgehead atoms. The molecule has 2 aromatic carbocycles. The van der Waals surface area contributed by atoms with Crippen molar-refractivity contribution in [3.63, 3.8) is 0 Å². The van der Waals surface area contributed by atoms with Crippen molar-refractivity contribution in [1.82, 2.24) is 9.78 Å². The van der Waals surface area contributed by atoms with Crippen molar-refractivity contribution in [1.29, 1.82) is 0 Å². The van der Waals surface area contributed by atoms with Crippen LogP contribution in [0.15, 0.2) is 60.7 Å². The quantitative estimate of drug-likeness (QED) is 0.505. The number of aliphatic hydroxyl groups excluding tert-OH is 1. The zero-order valence-corrected chi connectivity index (χ0v) is 15.1. The van der Waals surface area contributed by atoms with E-state index >= 15 is 0 Å². The van der Waals surface area contributed by atoms with Gasteiger partial charge in [-0.15, -0.1) is 0 Å². The summed E-state index contributed by atoms with van der Waals surface area (Å²) in [6.45, 7) is 4.38. The average Bonchev–Trinajstić information content (AvgIpc) is 2.95. The van der Waals surface area contributed by atoms with Gasteiger partial charge in [0.15, 0.2) is 5.60 Å². The number of hydrogen-bond acceptors (Lipinski definition) is 4. The Morgan fingerprint density at radius 1 is 0.962 bits per heavy atom. The average molecular weight is 352 g/mol. The number of nitrogens with zero attached hydrogens (tertiary/aromatic N) is 2. The van der Waals surface area contributed by atoms with E-state index in [0.717, 1.165) is 28.1 Å². The summed E-state index contributed by atoms with van der Waals surface area (Å²) < 4.78 is 1.79. The van der Waals surface area contributed by atoms with Gasteiger partial charge in [0.1, 0.15) is 0 Å². The molecule has 2 N–H and O–H groups in total. The third-order valence-electron chi connectivity index (χ3n) is 4.90. The van der Waals surface area contributed by atoms with Crippen LogP contribution in [-0.2, 0) is 23.5 Å². The molecular weight excluding hydrogens is 328 g/mol. The van der Waals surface area contributed by atoms with Crippen molar-refractivity contribution in [3.8, 4) is 0 Å². The number of aliphatic hydroxyl groups is 1. The maximum absolute atomic E-state index is 10.1. The summed E-state index contributed by atoms with van der Waals surface area (Å²) in [6.07, 6.45) is 0.431. The number of hydrogen-bond donors (Lipinski definition) is 2. The van der Waals surface area contributed by atoms with Crippen LogP contribution in [0, 0.1) is 13.8 Å². The highest BCUT2D eigenvalue weighted by atomic mass is 17.1. The lowest BCUT2D eigenvalue weighted by atomic mass is 9.81. The molecule has 0 atom stereocenters. The molecule has 0 amide bonds. The molecule has 0 saturated carbocycles. The number of rotatable bonds is 7. The molecule has 0 aliphatic carbocycles. The first-order valence-electron chi connectivity index (χ1n) is 8.69. The fraction of sp³-hybridized carbons (Fsp3) is 0.286. The fourth-order valence-corrected chi connectivity index (χ4v) is 3.47. The van der Waals surface area contributed by atoms with E-state index in [1.54, 1.807) is 4.68 Å². The fourth-order valence-electron chi connectivity index (χ4n) is 3.47. The van der Waals surface area contributed by atoms with Crippen molar-refractivity contribution >= 4 is 0 Å². The Labute approximate surface area is 153 Å². The largest absolute Gasteiger partial charge is 0.394 e. The second-order valence-electron chi connectivity index (χ2n) is 6.42. The van der Waals surface area contributed by atoms with Crippen LogP contribution in [0.3, 0.4) is 0 Å². The summed E-state index contributed by atoms with van der Waals surface area (Å²) in [4.78, 5) is 5.21. The minimum Gasteiger partial charge on any atom is -0.394 e. The number of benzene rings is 2. The van der Waals surface area contributed by atoms with Gasteiger partial charge in [0.25, 0.3) is 0 Å². The Bertz CT molecular complexity index is 805. The first-order valence-corrected chi connectivity index (χ1v) is 8.69. The van der Waals surface area contributed by atoms with Gasteiger partial charge in [0.2, 0.25) is 0 Å². The van der Waals surface area contributed by atoms with Crippen LogP contribution >= 0.6 is 0 Å². The zero-order chi connectivity index (χ0) is 18.6. The van der Waals surface area contributed by atoms with Crippen LogP contribution in [0.5, 0.6) is 0 Å². The molecule has 1 heterocycles. The lowest BCUT2D eigenvalue weighted by molar-refractivity contribution is -0.315. The van der Waals surface area contributed by atoms with Gasteiger partial charge in [-0.1, -0.05) is 60.7 Å². The molecule has 5 nitrogen and oxygen atoms in total. The summed E-state index contributed by atoms with van der Waals surface area (Å²) >= 11 is 0. The molecule has 0 saturated heterocycles. The van der Waals surface area contributed by atoms with Crippen LogP contribution < -0.4 is 0 Å². The van der Waals surface area contributed by atoms with Crippen molar-refractivity contribution in [2.24, 2.45) is 0 Å². The van der Waals surface area contributed by atoms with Gasteiger partial charge < -0.3 is 5.11 Å². The summed E-state index contributed by atoms with van der Waals surface area (Å²) in [5.74, 6) is 0. The van der Waals surface area contributed by atoms with Gasteiger partial charge in [-0.2, -0.15) is 5.10 Å². The van der Waals surface area contributed by atoms with E-state index in [9.17, 15) is 10.4 Å². The topological polar surface area (TPSA) is 67.5 Å². The molecule has 5 heteroatoms. The van der Waals surface area contributed by atoms with Crippen LogP contribution in [0.2, 0.25) is 0 Å². The Balaban J connectivity index is 2.14. The zero-order valence-electron chi connectivity index (χ0n) is 15.1. The first-order chi connectivity index (χ1) is 12.6. The predicted octanol–water partition coefficient (Wildman–Crippen LogP) is 3.47. The highest BCUT2D eigenvalue weighted by molar-refractivity contribution is 5.40. The van der Waals surface area contributed by atoms with Crippen LogP contribution in [-0.4, -0.2) is 26.8 Å². The second kappa shape index (κ2) is 7.83. The van der Waals surface area contributed by atoms with Crippen LogP contribution in [0.1, 0.15) is 28.1 Å².